The first kappa shape index (κ1) is 18.3. The van der Waals surface area contributed by atoms with Gasteiger partial charge in [-0.1, -0.05) is 12.1 Å². The maximum Gasteiger partial charge on any atom is 0.276 e. The van der Waals surface area contributed by atoms with Gasteiger partial charge in [-0.05, 0) is 43.4 Å². The largest absolute Gasteiger partial charge is 0.312 e. The third-order valence-electron chi connectivity index (χ3n) is 4.31. The molecule has 1 amide bonds. The van der Waals surface area contributed by atoms with E-state index in [-0.39, 0.29) is 16.8 Å². The quantitative estimate of drug-likeness (QED) is 0.374. The average molecular weight is 378 g/mol. The second-order valence-electron chi connectivity index (χ2n) is 5.97. The zero-order valence-corrected chi connectivity index (χ0v) is 15.0. The van der Waals surface area contributed by atoms with Gasteiger partial charge in [-0.25, -0.2) is 0 Å². The van der Waals surface area contributed by atoms with E-state index in [1.807, 2.05) is 0 Å². The molecule has 0 bridgehead atoms. The number of carbonyl (C=O) groups excluding carboxylic acids is 1. The summed E-state index contributed by atoms with van der Waals surface area (Å²) < 4.78 is 0. The van der Waals surface area contributed by atoms with Crippen molar-refractivity contribution in [3.05, 3.63) is 61.5 Å². The number of carbonyl (C=O) groups is 1. The highest BCUT2D eigenvalue weighted by atomic mass is 32.1. The van der Waals surface area contributed by atoms with Crippen molar-refractivity contribution in [3.8, 4) is 12.1 Å². The Morgan fingerprint density at radius 2 is 2.00 bits per heavy atom. The minimum Gasteiger partial charge on any atom is -0.312 e. The molecule has 0 atom stereocenters. The van der Waals surface area contributed by atoms with Gasteiger partial charge in [0.05, 0.1) is 16.1 Å². The molecular weight excluding hydrogens is 364 g/mol. The Kier molecular flexibility index (Phi) is 5.30. The molecule has 8 heteroatoms. The molecule has 0 unspecified atom stereocenters. The number of thiophene rings is 1. The van der Waals surface area contributed by atoms with Crippen LogP contribution in [0.4, 0.5) is 10.7 Å². The van der Waals surface area contributed by atoms with Crippen LogP contribution in [-0.4, -0.2) is 10.8 Å². The number of para-hydroxylation sites is 1. The Bertz CT molecular complexity index is 1040. The topological polar surface area (TPSA) is 120 Å². The summed E-state index contributed by atoms with van der Waals surface area (Å²) in [7, 11) is 0. The van der Waals surface area contributed by atoms with Crippen LogP contribution in [0.3, 0.4) is 0 Å². The zero-order valence-electron chi connectivity index (χ0n) is 14.2. The molecule has 1 aromatic carbocycles. The van der Waals surface area contributed by atoms with Crippen molar-refractivity contribution in [2.75, 3.05) is 5.32 Å². The van der Waals surface area contributed by atoms with Gasteiger partial charge in [0.1, 0.15) is 22.7 Å². The number of amides is 1. The smallest absolute Gasteiger partial charge is 0.276 e. The predicted octanol–water partition coefficient (Wildman–Crippen LogP) is 3.95. The molecule has 0 saturated carbocycles. The van der Waals surface area contributed by atoms with E-state index in [1.54, 1.807) is 12.1 Å². The number of nitriles is 2. The normalized spacial score (nSPS) is 13.2. The summed E-state index contributed by atoms with van der Waals surface area (Å²) in [5.74, 6) is -0.689. The van der Waals surface area contributed by atoms with Gasteiger partial charge in [-0.2, -0.15) is 10.5 Å². The summed E-state index contributed by atoms with van der Waals surface area (Å²) in [5, 5.41) is 33.0. The fourth-order valence-corrected chi connectivity index (χ4v) is 4.26. The highest BCUT2D eigenvalue weighted by Crippen LogP contribution is 2.37. The molecule has 0 fully saturated rings. The molecule has 7 nitrogen and oxygen atoms in total. The third kappa shape index (κ3) is 3.71. The SMILES string of the molecule is N#C/C(=C\c1ccccc1[N+](=O)[O-])C(=O)Nc1sc2c(c1C#N)CCCC2. The number of nitrogens with one attached hydrogen (secondary N) is 1. The molecule has 1 N–H and O–H groups in total. The summed E-state index contributed by atoms with van der Waals surface area (Å²) in [6.07, 6.45) is 4.93. The first-order valence-electron chi connectivity index (χ1n) is 8.26. The van der Waals surface area contributed by atoms with Crippen LogP contribution < -0.4 is 5.32 Å². The van der Waals surface area contributed by atoms with Crippen LogP contribution in [0.15, 0.2) is 29.8 Å². The van der Waals surface area contributed by atoms with Gasteiger partial charge in [0.2, 0.25) is 0 Å². The minimum absolute atomic E-state index is 0.167. The molecule has 0 saturated heterocycles. The lowest BCUT2D eigenvalue weighted by molar-refractivity contribution is -0.385. The maximum absolute atomic E-state index is 12.5. The number of nitro benzene ring substituents is 1. The van der Waals surface area contributed by atoms with Crippen LogP contribution in [0.2, 0.25) is 0 Å². The molecule has 0 aliphatic heterocycles. The number of rotatable bonds is 4. The number of fused-ring (bicyclic) bond motifs is 1. The standard InChI is InChI=1S/C19H14N4O3S/c20-10-13(9-12-5-1-3-7-16(12)23(25)26)18(24)22-19-15(11-21)14-6-2-4-8-17(14)27-19/h1,3,5,7,9H,2,4,6,8H2,(H,22,24)/b13-9+. The van der Waals surface area contributed by atoms with E-state index in [4.69, 9.17) is 0 Å². The van der Waals surface area contributed by atoms with Crippen molar-refractivity contribution in [2.24, 2.45) is 0 Å². The van der Waals surface area contributed by atoms with Gasteiger partial charge in [0.15, 0.2) is 0 Å². The molecular formula is C19H14N4O3S. The Balaban J connectivity index is 1.92. The molecule has 0 radical (unpaired) electrons. The van der Waals surface area contributed by atoms with Crippen molar-refractivity contribution in [1.82, 2.24) is 0 Å². The molecule has 1 heterocycles. The zero-order chi connectivity index (χ0) is 19.4. The summed E-state index contributed by atoms with van der Waals surface area (Å²) in [4.78, 5) is 24.2. The summed E-state index contributed by atoms with van der Waals surface area (Å²) in [6.45, 7) is 0. The van der Waals surface area contributed by atoms with Crippen molar-refractivity contribution in [2.45, 2.75) is 25.7 Å². The number of hydrogen-bond donors (Lipinski definition) is 1. The average Bonchev–Trinajstić information content (AvgIpc) is 3.02. The van der Waals surface area contributed by atoms with E-state index < -0.39 is 10.8 Å². The van der Waals surface area contributed by atoms with Crippen LogP contribution in [0.5, 0.6) is 0 Å². The first-order chi connectivity index (χ1) is 13.0. The maximum atomic E-state index is 12.5. The predicted molar refractivity (Wildman–Crippen MR) is 101 cm³/mol. The van der Waals surface area contributed by atoms with Gasteiger partial charge in [-0.15, -0.1) is 11.3 Å². The number of anilines is 1. The van der Waals surface area contributed by atoms with E-state index in [0.29, 0.717) is 10.6 Å². The Hall–Kier alpha value is -3.49. The summed E-state index contributed by atoms with van der Waals surface area (Å²) >= 11 is 1.36. The fourth-order valence-electron chi connectivity index (χ4n) is 3.02. The first-order valence-corrected chi connectivity index (χ1v) is 9.08. The second kappa shape index (κ2) is 7.81. The van der Waals surface area contributed by atoms with Crippen molar-refractivity contribution < 1.29 is 9.72 Å². The van der Waals surface area contributed by atoms with Crippen LogP contribution >= 0.6 is 11.3 Å². The van der Waals surface area contributed by atoms with Gasteiger partial charge >= 0.3 is 0 Å². The van der Waals surface area contributed by atoms with E-state index >= 15 is 0 Å². The van der Waals surface area contributed by atoms with Crippen LogP contribution in [0.25, 0.3) is 6.08 Å². The minimum atomic E-state index is -0.689. The summed E-state index contributed by atoms with van der Waals surface area (Å²) in [6, 6.07) is 9.80. The number of benzene rings is 1. The van der Waals surface area contributed by atoms with Crippen molar-refractivity contribution in [1.29, 1.82) is 10.5 Å². The van der Waals surface area contributed by atoms with Crippen LogP contribution in [0, 0.1) is 32.8 Å². The number of nitrogens with zero attached hydrogens (tertiary/aromatic N) is 3. The van der Waals surface area contributed by atoms with E-state index in [2.05, 4.69) is 11.4 Å². The van der Waals surface area contributed by atoms with Gasteiger partial charge < -0.3 is 5.32 Å². The van der Waals surface area contributed by atoms with Gasteiger partial charge in [0.25, 0.3) is 11.6 Å². The van der Waals surface area contributed by atoms with Gasteiger partial charge in [0, 0.05) is 10.9 Å². The van der Waals surface area contributed by atoms with E-state index in [9.17, 15) is 25.4 Å². The number of hydrogen-bond acceptors (Lipinski definition) is 6. The fraction of sp³-hybridized carbons (Fsp3) is 0.211. The number of aryl methyl sites for hydroxylation is 1. The van der Waals surface area contributed by atoms with Crippen LogP contribution in [-0.2, 0) is 17.6 Å². The van der Waals surface area contributed by atoms with E-state index in [0.717, 1.165) is 36.1 Å². The molecule has 3 rings (SSSR count). The second-order valence-corrected chi connectivity index (χ2v) is 7.07. The lowest BCUT2D eigenvalue weighted by atomic mass is 9.96. The monoisotopic (exact) mass is 378 g/mol. The summed E-state index contributed by atoms with van der Waals surface area (Å²) in [5.41, 5.74) is 1.14. The molecule has 1 aromatic heterocycles. The highest BCUT2D eigenvalue weighted by molar-refractivity contribution is 7.16. The molecule has 1 aliphatic carbocycles. The van der Waals surface area contributed by atoms with Crippen LogP contribution in [0.1, 0.15) is 34.4 Å². The molecule has 134 valence electrons. The third-order valence-corrected chi connectivity index (χ3v) is 5.52. The van der Waals surface area contributed by atoms with Crippen molar-refractivity contribution >= 4 is 34.0 Å². The van der Waals surface area contributed by atoms with E-state index in [1.165, 1.54) is 35.6 Å². The molecule has 1 aliphatic rings. The lowest BCUT2D eigenvalue weighted by Crippen LogP contribution is -2.13. The van der Waals surface area contributed by atoms with Crippen molar-refractivity contribution in [3.63, 3.8) is 0 Å². The highest BCUT2D eigenvalue weighted by Gasteiger charge is 2.23. The van der Waals surface area contributed by atoms with Gasteiger partial charge in [-0.3, -0.25) is 14.9 Å². The number of nitro groups is 1. The molecule has 2 aromatic rings. The lowest BCUT2D eigenvalue weighted by Gasteiger charge is -2.09. The Labute approximate surface area is 159 Å². The molecule has 27 heavy (non-hydrogen) atoms. The molecule has 0 spiro atoms. The Morgan fingerprint density at radius 1 is 1.26 bits per heavy atom. The Morgan fingerprint density at radius 3 is 2.70 bits per heavy atom.